The highest BCUT2D eigenvalue weighted by molar-refractivity contribution is 6.07. The molecule has 1 saturated heterocycles. The molecule has 4 aromatic rings. The van der Waals surface area contributed by atoms with Crippen LogP contribution in [0.3, 0.4) is 0 Å². The molecule has 2 aliphatic rings. The van der Waals surface area contributed by atoms with Crippen molar-refractivity contribution in [1.82, 2.24) is 4.98 Å². The van der Waals surface area contributed by atoms with Crippen LogP contribution in [0.1, 0.15) is 37.7 Å². The van der Waals surface area contributed by atoms with Crippen LogP contribution in [0.15, 0.2) is 91.4 Å². The van der Waals surface area contributed by atoms with Crippen LogP contribution in [0.2, 0.25) is 0 Å². The standard InChI is InChI=1S/C24H22N2O4.C7H8FN.C3H5F/c27-15-24(9-10-24)23(28)26-18-2-4-19(5-3-18)30-22-7-11-25-21-13-16(1-6-20(21)22)17-8-12-29-14-17;1-9-7-4-2-6(8)3-5-7;1-3(2)4/h1-7,11,13,15,17H,8-10,12,14H2,(H,26,28);2-5,9H,1H3;1H2,2H3. The molecule has 1 amide bonds. The lowest BCUT2D eigenvalue weighted by atomic mass is 9.97. The Hall–Kier alpha value is -4.63. The first-order valence-corrected chi connectivity index (χ1v) is 14.0. The van der Waals surface area contributed by atoms with E-state index in [1.807, 2.05) is 6.07 Å². The number of nitrogens with zero attached hydrogens (tertiary/aromatic N) is 1. The average Bonchev–Trinajstić information content (AvgIpc) is 3.63. The third-order valence-corrected chi connectivity index (χ3v) is 7.07. The first-order chi connectivity index (χ1) is 20.7. The number of pyridine rings is 1. The topological polar surface area (TPSA) is 89.6 Å². The number of ether oxygens (including phenoxy) is 2. The minimum Gasteiger partial charge on any atom is -0.457 e. The van der Waals surface area contributed by atoms with Gasteiger partial charge < -0.3 is 24.9 Å². The van der Waals surface area contributed by atoms with Crippen molar-refractivity contribution < 1.29 is 27.8 Å². The molecule has 1 aromatic heterocycles. The van der Waals surface area contributed by atoms with Crippen LogP contribution in [0.5, 0.6) is 11.5 Å². The van der Waals surface area contributed by atoms with Crippen molar-refractivity contribution in [1.29, 1.82) is 0 Å². The highest BCUT2D eigenvalue weighted by atomic mass is 19.1. The molecule has 9 heteroatoms. The van der Waals surface area contributed by atoms with Gasteiger partial charge in [0.1, 0.15) is 29.0 Å². The molecule has 224 valence electrons. The maximum Gasteiger partial charge on any atom is 0.237 e. The summed E-state index contributed by atoms with van der Waals surface area (Å²) < 4.78 is 34.6. The number of aromatic nitrogens is 1. The van der Waals surface area contributed by atoms with Crippen molar-refractivity contribution >= 4 is 34.5 Å². The Kier molecular flexibility index (Phi) is 10.6. The normalized spacial score (nSPS) is 16.0. The van der Waals surface area contributed by atoms with Gasteiger partial charge in [-0.3, -0.25) is 9.78 Å². The van der Waals surface area contributed by atoms with Gasteiger partial charge in [-0.15, -0.1) is 0 Å². The third-order valence-electron chi connectivity index (χ3n) is 7.07. The molecule has 0 spiro atoms. The Bertz CT molecular complexity index is 1540. The van der Waals surface area contributed by atoms with Crippen LogP contribution < -0.4 is 15.4 Å². The van der Waals surface area contributed by atoms with Gasteiger partial charge in [0, 0.05) is 42.5 Å². The summed E-state index contributed by atoms with van der Waals surface area (Å²) in [6.07, 6.45) is 4.77. The van der Waals surface area contributed by atoms with Crippen LogP contribution in [0.25, 0.3) is 10.9 Å². The number of nitrogens with one attached hydrogen (secondary N) is 2. The molecule has 1 atom stereocenters. The van der Waals surface area contributed by atoms with Gasteiger partial charge in [-0.25, -0.2) is 8.78 Å². The van der Waals surface area contributed by atoms with Gasteiger partial charge in [-0.2, -0.15) is 0 Å². The number of allylic oxidation sites excluding steroid dienone is 1. The quantitative estimate of drug-likeness (QED) is 0.169. The molecule has 0 radical (unpaired) electrons. The lowest BCUT2D eigenvalue weighted by Crippen LogP contribution is -2.25. The van der Waals surface area contributed by atoms with Gasteiger partial charge in [-0.05, 0) is 98.5 Å². The van der Waals surface area contributed by atoms with E-state index in [1.54, 1.807) is 49.6 Å². The molecule has 0 bridgehead atoms. The van der Waals surface area contributed by atoms with E-state index in [1.165, 1.54) is 24.6 Å². The number of aldehydes is 1. The fourth-order valence-electron chi connectivity index (χ4n) is 4.42. The van der Waals surface area contributed by atoms with E-state index in [2.05, 4.69) is 40.4 Å². The molecule has 7 nitrogen and oxygen atoms in total. The van der Waals surface area contributed by atoms with E-state index in [-0.39, 0.29) is 17.6 Å². The fourth-order valence-corrected chi connectivity index (χ4v) is 4.42. The van der Waals surface area contributed by atoms with E-state index in [0.717, 1.165) is 48.3 Å². The van der Waals surface area contributed by atoms with Crippen molar-refractivity contribution in [2.24, 2.45) is 5.41 Å². The van der Waals surface area contributed by atoms with Crippen molar-refractivity contribution in [3.05, 3.63) is 103 Å². The van der Waals surface area contributed by atoms with Gasteiger partial charge in [0.15, 0.2) is 0 Å². The number of hydrogen-bond acceptors (Lipinski definition) is 6. The minimum absolute atomic E-state index is 0.200. The van der Waals surface area contributed by atoms with Gasteiger partial charge in [0.05, 0.1) is 18.0 Å². The predicted octanol–water partition coefficient (Wildman–Crippen LogP) is 7.81. The largest absolute Gasteiger partial charge is 0.457 e. The molecule has 6 rings (SSSR count). The number of carbonyl (C=O) groups excluding carboxylic acids is 2. The first kappa shape index (κ1) is 31.3. The first-order valence-electron chi connectivity index (χ1n) is 14.0. The van der Waals surface area contributed by atoms with Crippen LogP contribution in [-0.2, 0) is 14.3 Å². The van der Waals surface area contributed by atoms with E-state index < -0.39 is 5.41 Å². The van der Waals surface area contributed by atoms with Crippen molar-refractivity contribution in [2.75, 3.05) is 30.9 Å². The monoisotopic (exact) mass is 587 g/mol. The van der Waals surface area contributed by atoms with Crippen LogP contribution >= 0.6 is 0 Å². The smallest absolute Gasteiger partial charge is 0.237 e. The Morgan fingerprint density at radius 2 is 1.74 bits per heavy atom. The van der Waals surface area contributed by atoms with Crippen LogP contribution in [-0.4, -0.2) is 37.4 Å². The summed E-state index contributed by atoms with van der Waals surface area (Å²) in [4.78, 5) is 27.8. The van der Waals surface area contributed by atoms with Gasteiger partial charge >= 0.3 is 0 Å². The summed E-state index contributed by atoms with van der Waals surface area (Å²) in [5.74, 6) is 1.04. The molecule has 2 N–H and O–H groups in total. The molecule has 1 aliphatic heterocycles. The summed E-state index contributed by atoms with van der Waals surface area (Å²) >= 11 is 0. The highest BCUT2D eigenvalue weighted by Crippen LogP contribution is 2.44. The van der Waals surface area contributed by atoms with Crippen LogP contribution in [0.4, 0.5) is 20.2 Å². The molecule has 1 aliphatic carbocycles. The Morgan fingerprint density at radius 3 is 2.33 bits per heavy atom. The number of amides is 1. The van der Waals surface area contributed by atoms with E-state index >= 15 is 0 Å². The van der Waals surface area contributed by atoms with Crippen molar-refractivity contribution in [2.45, 2.75) is 32.1 Å². The summed E-state index contributed by atoms with van der Waals surface area (Å²) in [6.45, 7) is 5.77. The Morgan fingerprint density at radius 1 is 1.07 bits per heavy atom. The molecule has 3 aromatic carbocycles. The van der Waals surface area contributed by atoms with Gasteiger partial charge in [-0.1, -0.05) is 12.6 Å². The van der Waals surface area contributed by atoms with E-state index in [0.29, 0.717) is 30.2 Å². The third kappa shape index (κ3) is 8.68. The second-order valence-corrected chi connectivity index (χ2v) is 10.4. The molecule has 1 unspecified atom stereocenters. The predicted molar refractivity (Wildman–Crippen MR) is 165 cm³/mol. The molecular weight excluding hydrogens is 552 g/mol. The SMILES string of the molecule is C=C(C)F.CNc1ccc(F)cc1.O=CC1(C(=O)Nc2ccc(Oc3ccnc4cc(C5CCOC5)ccc34)cc2)CC1. The zero-order valence-electron chi connectivity index (χ0n) is 24.2. The number of hydrogen-bond donors (Lipinski definition) is 2. The lowest BCUT2D eigenvalue weighted by molar-refractivity contribution is -0.126. The Labute approximate surface area is 249 Å². The highest BCUT2D eigenvalue weighted by Gasteiger charge is 2.50. The molecule has 1 saturated carbocycles. The molecule has 43 heavy (non-hydrogen) atoms. The average molecular weight is 588 g/mol. The maximum absolute atomic E-state index is 12.2. The maximum atomic E-state index is 12.2. The van der Waals surface area contributed by atoms with E-state index in [9.17, 15) is 18.4 Å². The lowest BCUT2D eigenvalue weighted by Gasteiger charge is -2.13. The molecule has 2 fully saturated rings. The summed E-state index contributed by atoms with van der Waals surface area (Å²) in [7, 11) is 1.80. The van der Waals surface area contributed by atoms with Crippen molar-refractivity contribution in [3.63, 3.8) is 0 Å². The second-order valence-electron chi connectivity index (χ2n) is 10.4. The van der Waals surface area contributed by atoms with E-state index in [4.69, 9.17) is 9.47 Å². The van der Waals surface area contributed by atoms with Crippen LogP contribution in [0, 0.1) is 11.2 Å². The fraction of sp³-hybridized carbons (Fsp3) is 0.265. The van der Waals surface area contributed by atoms with Gasteiger partial charge in [0.2, 0.25) is 5.91 Å². The number of anilines is 2. The minimum atomic E-state index is -0.825. The number of fused-ring (bicyclic) bond motifs is 1. The number of halogens is 2. The molecule has 2 heterocycles. The summed E-state index contributed by atoms with van der Waals surface area (Å²) in [5, 5.41) is 6.63. The van der Waals surface area contributed by atoms with Crippen molar-refractivity contribution in [3.8, 4) is 11.5 Å². The zero-order chi connectivity index (χ0) is 30.8. The second kappa shape index (κ2) is 14.5. The Balaban J connectivity index is 0.000000272. The summed E-state index contributed by atoms with van der Waals surface area (Å²) in [5.41, 5.74) is 2.88. The number of benzene rings is 3. The zero-order valence-corrected chi connectivity index (χ0v) is 24.2. The molecular formula is C34H35F2N3O4. The summed E-state index contributed by atoms with van der Waals surface area (Å²) in [6, 6.07) is 21.5. The number of carbonyl (C=O) groups is 2. The number of rotatable bonds is 7. The van der Waals surface area contributed by atoms with Gasteiger partial charge in [0.25, 0.3) is 0 Å².